The van der Waals surface area contributed by atoms with Gasteiger partial charge in [0.1, 0.15) is 5.82 Å². The monoisotopic (exact) mass is 216 g/mol. The van der Waals surface area contributed by atoms with E-state index in [1.807, 2.05) is 12.1 Å². The standard InChI is InChI=1S/C11H12N4O/c12-5-9-7-14-10(15-11(9)16)4-8-2-1-3-13-6-8/h1-3,6-7H,4-5,12H2,(H,14,15,16). The van der Waals surface area contributed by atoms with Crippen LogP contribution in [0.15, 0.2) is 35.5 Å². The van der Waals surface area contributed by atoms with Crippen molar-refractivity contribution in [1.29, 1.82) is 0 Å². The van der Waals surface area contributed by atoms with Crippen molar-refractivity contribution in [1.82, 2.24) is 15.0 Å². The lowest BCUT2D eigenvalue weighted by Crippen LogP contribution is -2.18. The van der Waals surface area contributed by atoms with Crippen molar-refractivity contribution in [2.45, 2.75) is 13.0 Å². The average molecular weight is 216 g/mol. The molecule has 0 atom stereocenters. The Bertz CT molecular complexity index is 521. The Hall–Kier alpha value is -2.01. The fourth-order valence-corrected chi connectivity index (χ4v) is 1.39. The topological polar surface area (TPSA) is 84.7 Å². The van der Waals surface area contributed by atoms with E-state index < -0.39 is 0 Å². The summed E-state index contributed by atoms with van der Waals surface area (Å²) in [5.41, 5.74) is 6.71. The number of pyridine rings is 1. The Morgan fingerprint density at radius 3 is 2.88 bits per heavy atom. The van der Waals surface area contributed by atoms with Crippen LogP contribution in [0.2, 0.25) is 0 Å². The van der Waals surface area contributed by atoms with E-state index in [4.69, 9.17) is 5.73 Å². The smallest absolute Gasteiger partial charge is 0.255 e. The Morgan fingerprint density at radius 1 is 1.38 bits per heavy atom. The highest BCUT2D eigenvalue weighted by atomic mass is 16.1. The average Bonchev–Trinajstić information content (AvgIpc) is 2.31. The number of nitrogens with two attached hydrogens (primary N) is 1. The van der Waals surface area contributed by atoms with E-state index in [9.17, 15) is 4.79 Å². The van der Waals surface area contributed by atoms with Crippen molar-refractivity contribution in [3.63, 3.8) is 0 Å². The fraction of sp³-hybridized carbons (Fsp3) is 0.182. The van der Waals surface area contributed by atoms with Crippen LogP contribution in [-0.2, 0) is 13.0 Å². The Morgan fingerprint density at radius 2 is 2.25 bits per heavy atom. The molecule has 0 saturated heterocycles. The molecule has 82 valence electrons. The van der Waals surface area contributed by atoms with Gasteiger partial charge in [0.25, 0.3) is 5.56 Å². The van der Waals surface area contributed by atoms with Crippen molar-refractivity contribution >= 4 is 0 Å². The summed E-state index contributed by atoms with van der Waals surface area (Å²) in [7, 11) is 0. The van der Waals surface area contributed by atoms with E-state index in [0.29, 0.717) is 17.8 Å². The second-order valence-corrected chi connectivity index (χ2v) is 3.43. The lowest BCUT2D eigenvalue weighted by molar-refractivity contribution is 0.895. The molecule has 3 N–H and O–H groups in total. The Balaban J connectivity index is 2.23. The zero-order valence-corrected chi connectivity index (χ0v) is 8.68. The summed E-state index contributed by atoms with van der Waals surface area (Å²) in [5, 5.41) is 0. The van der Waals surface area contributed by atoms with Gasteiger partial charge in [0.15, 0.2) is 0 Å². The fourth-order valence-electron chi connectivity index (χ4n) is 1.39. The number of hydrogen-bond donors (Lipinski definition) is 2. The molecule has 0 spiro atoms. The van der Waals surface area contributed by atoms with E-state index >= 15 is 0 Å². The van der Waals surface area contributed by atoms with Crippen LogP contribution < -0.4 is 11.3 Å². The van der Waals surface area contributed by atoms with Gasteiger partial charge in [-0.3, -0.25) is 9.78 Å². The maximum Gasteiger partial charge on any atom is 0.255 e. The van der Waals surface area contributed by atoms with Crippen LogP contribution in [-0.4, -0.2) is 15.0 Å². The van der Waals surface area contributed by atoms with Gasteiger partial charge >= 0.3 is 0 Å². The van der Waals surface area contributed by atoms with Crippen LogP contribution in [0, 0.1) is 0 Å². The molecule has 2 aromatic heterocycles. The van der Waals surface area contributed by atoms with Crippen LogP contribution >= 0.6 is 0 Å². The highest BCUT2D eigenvalue weighted by Crippen LogP contribution is 2.01. The van der Waals surface area contributed by atoms with Gasteiger partial charge in [-0.25, -0.2) is 4.98 Å². The molecular weight excluding hydrogens is 204 g/mol. The third-order valence-electron chi connectivity index (χ3n) is 2.24. The van der Waals surface area contributed by atoms with Gasteiger partial charge in [-0.1, -0.05) is 6.07 Å². The lowest BCUT2D eigenvalue weighted by Gasteiger charge is -2.01. The molecule has 0 aliphatic heterocycles. The molecule has 2 aromatic rings. The van der Waals surface area contributed by atoms with Gasteiger partial charge in [-0.2, -0.15) is 0 Å². The van der Waals surface area contributed by atoms with E-state index in [1.165, 1.54) is 6.20 Å². The minimum atomic E-state index is -0.170. The van der Waals surface area contributed by atoms with Crippen LogP contribution in [0.3, 0.4) is 0 Å². The number of hydrogen-bond acceptors (Lipinski definition) is 4. The van der Waals surface area contributed by atoms with E-state index in [-0.39, 0.29) is 12.1 Å². The SMILES string of the molecule is NCc1cnc(Cc2cccnc2)[nH]c1=O. The van der Waals surface area contributed by atoms with Gasteiger partial charge in [0.05, 0.1) is 0 Å². The molecule has 0 aromatic carbocycles. The Kier molecular flexibility index (Phi) is 3.07. The number of H-pyrrole nitrogens is 1. The Labute approximate surface area is 92.4 Å². The van der Waals surface area contributed by atoms with E-state index in [2.05, 4.69) is 15.0 Å². The molecule has 0 aliphatic rings. The third kappa shape index (κ3) is 2.32. The quantitative estimate of drug-likeness (QED) is 0.768. The highest BCUT2D eigenvalue weighted by molar-refractivity contribution is 5.15. The van der Waals surface area contributed by atoms with Gasteiger partial charge in [-0.15, -0.1) is 0 Å². The predicted molar refractivity (Wildman–Crippen MR) is 59.8 cm³/mol. The second kappa shape index (κ2) is 4.67. The summed E-state index contributed by atoms with van der Waals surface area (Å²) < 4.78 is 0. The van der Waals surface area contributed by atoms with Gasteiger partial charge in [0, 0.05) is 37.1 Å². The van der Waals surface area contributed by atoms with Crippen LogP contribution in [0.25, 0.3) is 0 Å². The minimum absolute atomic E-state index is 0.170. The van der Waals surface area contributed by atoms with Crippen molar-refractivity contribution in [3.05, 3.63) is 58.0 Å². The molecule has 0 bridgehead atoms. The zero-order valence-electron chi connectivity index (χ0n) is 8.68. The molecule has 0 radical (unpaired) electrons. The zero-order chi connectivity index (χ0) is 11.4. The second-order valence-electron chi connectivity index (χ2n) is 3.43. The molecule has 0 aliphatic carbocycles. The van der Waals surface area contributed by atoms with Crippen molar-refractivity contribution in [3.8, 4) is 0 Å². The van der Waals surface area contributed by atoms with Crippen molar-refractivity contribution in [2.75, 3.05) is 0 Å². The normalized spacial score (nSPS) is 10.3. The molecule has 5 heteroatoms. The number of nitrogens with one attached hydrogen (secondary N) is 1. The summed E-state index contributed by atoms with van der Waals surface area (Å²) in [5.74, 6) is 0.621. The van der Waals surface area contributed by atoms with E-state index in [0.717, 1.165) is 5.56 Å². The first-order chi connectivity index (χ1) is 7.79. The minimum Gasteiger partial charge on any atom is -0.326 e. The van der Waals surface area contributed by atoms with Crippen molar-refractivity contribution < 1.29 is 0 Å². The lowest BCUT2D eigenvalue weighted by atomic mass is 10.2. The molecule has 2 rings (SSSR count). The van der Waals surface area contributed by atoms with Crippen molar-refractivity contribution in [2.24, 2.45) is 5.73 Å². The van der Waals surface area contributed by atoms with Gasteiger partial charge in [-0.05, 0) is 11.6 Å². The molecule has 0 amide bonds. The van der Waals surface area contributed by atoms with Crippen LogP contribution in [0.5, 0.6) is 0 Å². The highest BCUT2D eigenvalue weighted by Gasteiger charge is 2.01. The first-order valence-corrected chi connectivity index (χ1v) is 4.95. The third-order valence-corrected chi connectivity index (χ3v) is 2.24. The summed E-state index contributed by atoms with van der Waals surface area (Å²) in [6.07, 6.45) is 5.53. The van der Waals surface area contributed by atoms with E-state index in [1.54, 1.807) is 12.4 Å². The summed E-state index contributed by atoms with van der Waals surface area (Å²) >= 11 is 0. The number of aromatic amines is 1. The molecule has 0 unspecified atom stereocenters. The summed E-state index contributed by atoms with van der Waals surface area (Å²) in [4.78, 5) is 22.3. The number of aromatic nitrogens is 3. The predicted octanol–water partition coefficient (Wildman–Crippen LogP) is 0.214. The molecule has 0 saturated carbocycles. The molecule has 16 heavy (non-hydrogen) atoms. The van der Waals surface area contributed by atoms with Crippen LogP contribution in [0.1, 0.15) is 17.0 Å². The molecule has 5 nitrogen and oxygen atoms in total. The first-order valence-electron chi connectivity index (χ1n) is 4.95. The molecule has 0 fully saturated rings. The maximum absolute atomic E-state index is 11.5. The van der Waals surface area contributed by atoms with Crippen LogP contribution in [0.4, 0.5) is 0 Å². The van der Waals surface area contributed by atoms with Gasteiger partial charge in [0.2, 0.25) is 0 Å². The summed E-state index contributed by atoms with van der Waals surface area (Å²) in [6.45, 7) is 0.204. The number of rotatable bonds is 3. The van der Waals surface area contributed by atoms with Gasteiger partial charge < -0.3 is 10.7 Å². The molecule has 2 heterocycles. The maximum atomic E-state index is 11.5. The first kappa shape index (κ1) is 10.5. The largest absolute Gasteiger partial charge is 0.326 e. The number of nitrogens with zero attached hydrogens (tertiary/aromatic N) is 2. The molecular formula is C11H12N4O. The summed E-state index contributed by atoms with van der Waals surface area (Å²) in [6, 6.07) is 3.78.